The monoisotopic (exact) mass is 295 g/mol. The summed E-state index contributed by atoms with van der Waals surface area (Å²) in [6.45, 7) is 7.52. The molecule has 21 heavy (non-hydrogen) atoms. The molecule has 2 unspecified atom stereocenters. The number of benzene rings is 1. The maximum absolute atomic E-state index is 14.3. The fourth-order valence-electron chi connectivity index (χ4n) is 3.66. The van der Waals surface area contributed by atoms with Crippen LogP contribution < -0.4 is 5.32 Å². The van der Waals surface area contributed by atoms with Crippen molar-refractivity contribution in [3.05, 3.63) is 35.4 Å². The Bertz CT molecular complexity index is 470. The molecule has 1 fully saturated rings. The second-order valence-corrected chi connectivity index (χ2v) is 6.94. The maximum Gasteiger partial charge on any atom is 0.130 e. The van der Waals surface area contributed by atoms with Crippen LogP contribution in [0.4, 0.5) is 8.78 Å². The van der Waals surface area contributed by atoms with Crippen molar-refractivity contribution in [1.29, 1.82) is 0 Å². The summed E-state index contributed by atoms with van der Waals surface area (Å²) < 4.78 is 27.5. The van der Waals surface area contributed by atoms with Crippen molar-refractivity contribution in [2.24, 2.45) is 11.3 Å². The van der Waals surface area contributed by atoms with Gasteiger partial charge in [-0.05, 0) is 43.2 Å². The van der Waals surface area contributed by atoms with Crippen molar-refractivity contribution in [3.63, 3.8) is 0 Å². The lowest BCUT2D eigenvalue weighted by atomic mass is 9.64. The van der Waals surface area contributed by atoms with E-state index in [1.165, 1.54) is 25.3 Å². The van der Waals surface area contributed by atoms with Crippen LogP contribution in [0.15, 0.2) is 18.2 Å². The summed E-state index contributed by atoms with van der Waals surface area (Å²) in [5, 5.41) is 3.51. The molecule has 1 aliphatic carbocycles. The van der Waals surface area contributed by atoms with Crippen LogP contribution in [-0.2, 0) is 0 Å². The van der Waals surface area contributed by atoms with E-state index in [1.54, 1.807) is 6.07 Å². The molecule has 1 aromatic carbocycles. The van der Waals surface area contributed by atoms with E-state index in [4.69, 9.17) is 0 Å². The van der Waals surface area contributed by atoms with E-state index in [0.717, 1.165) is 25.5 Å². The van der Waals surface area contributed by atoms with Gasteiger partial charge in [-0.25, -0.2) is 8.78 Å². The van der Waals surface area contributed by atoms with Crippen LogP contribution in [0, 0.1) is 23.0 Å². The summed E-state index contributed by atoms with van der Waals surface area (Å²) in [6, 6.07) is 3.96. The van der Waals surface area contributed by atoms with Gasteiger partial charge in [0, 0.05) is 17.7 Å². The molecule has 1 aliphatic rings. The first-order valence-electron chi connectivity index (χ1n) is 8.14. The van der Waals surface area contributed by atoms with Gasteiger partial charge in [-0.1, -0.05) is 39.7 Å². The van der Waals surface area contributed by atoms with Gasteiger partial charge in [-0.3, -0.25) is 0 Å². The third kappa shape index (κ3) is 3.82. The van der Waals surface area contributed by atoms with E-state index in [0.29, 0.717) is 11.5 Å². The molecular formula is C18H27F2N. The molecule has 3 heteroatoms. The quantitative estimate of drug-likeness (QED) is 0.785. The van der Waals surface area contributed by atoms with E-state index in [-0.39, 0.29) is 11.5 Å². The highest BCUT2D eigenvalue weighted by molar-refractivity contribution is 5.23. The van der Waals surface area contributed by atoms with E-state index in [1.807, 2.05) is 0 Å². The zero-order chi connectivity index (χ0) is 15.5. The molecule has 2 rings (SSSR count). The Labute approximate surface area is 127 Å². The first-order chi connectivity index (χ1) is 9.95. The number of nitrogens with one attached hydrogen (secondary N) is 1. The zero-order valence-electron chi connectivity index (χ0n) is 13.4. The normalized spacial score (nSPS) is 23.0. The molecule has 0 heterocycles. The van der Waals surface area contributed by atoms with Gasteiger partial charge in [0.2, 0.25) is 0 Å². The molecule has 0 saturated heterocycles. The average Bonchev–Trinajstić information content (AvgIpc) is 2.42. The molecule has 0 aromatic heterocycles. The predicted molar refractivity (Wildman–Crippen MR) is 83.1 cm³/mol. The standard InChI is InChI=1S/C18H27F2N/c1-4-11-21-17(14-9-8-13(19)12-16(14)20)15-7-5-6-10-18(15,2)3/h8-9,12,15,17,21H,4-7,10-11H2,1-3H3. The van der Waals surface area contributed by atoms with E-state index in [2.05, 4.69) is 26.1 Å². The van der Waals surface area contributed by atoms with Crippen LogP contribution in [0.5, 0.6) is 0 Å². The van der Waals surface area contributed by atoms with Gasteiger partial charge in [0.25, 0.3) is 0 Å². The van der Waals surface area contributed by atoms with Crippen molar-refractivity contribution in [2.75, 3.05) is 6.54 Å². The highest BCUT2D eigenvalue weighted by atomic mass is 19.1. The van der Waals surface area contributed by atoms with Crippen LogP contribution in [0.1, 0.15) is 64.5 Å². The molecule has 1 aromatic rings. The van der Waals surface area contributed by atoms with Crippen molar-refractivity contribution >= 4 is 0 Å². The lowest BCUT2D eigenvalue weighted by molar-refractivity contribution is 0.0967. The van der Waals surface area contributed by atoms with Crippen molar-refractivity contribution in [2.45, 2.75) is 58.9 Å². The Kier molecular flexibility index (Phi) is 5.37. The molecule has 0 spiro atoms. The number of rotatable bonds is 5. The predicted octanol–water partition coefficient (Wildman–Crippen LogP) is 5.22. The van der Waals surface area contributed by atoms with Crippen molar-refractivity contribution < 1.29 is 8.78 Å². The first kappa shape index (κ1) is 16.4. The molecule has 1 saturated carbocycles. The minimum Gasteiger partial charge on any atom is -0.310 e. The fraction of sp³-hybridized carbons (Fsp3) is 0.667. The van der Waals surface area contributed by atoms with Gasteiger partial charge < -0.3 is 5.32 Å². The molecule has 118 valence electrons. The Morgan fingerprint density at radius 3 is 2.67 bits per heavy atom. The summed E-state index contributed by atoms with van der Waals surface area (Å²) in [4.78, 5) is 0. The molecule has 1 nitrogen and oxygen atoms in total. The molecule has 0 aliphatic heterocycles. The topological polar surface area (TPSA) is 12.0 Å². The third-order valence-corrected chi connectivity index (χ3v) is 4.90. The summed E-state index contributed by atoms with van der Waals surface area (Å²) in [7, 11) is 0. The van der Waals surface area contributed by atoms with Crippen LogP contribution in [0.3, 0.4) is 0 Å². The third-order valence-electron chi connectivity index (χ3n) is 4.90. The second-order valence-electron chi connectivity index (χ2n) is 6.94. The van der Waals surface area contributed by atoms with Gasteiger partial charge in [-0.15, -0.1) is 0 Å². The average molecular weight is 295 g/mol. The first-order valence-corrected chi connectivity index (χ1v) is 8.14. The van der Waals surface area contributed by atoms with Crippen LogP contribution in [-0.4, -0.2) is 6.54 Å². The van der Waals surface area contributed by atoms with Gasteiger partial charge >= 0.3 is 0 Å². The Hall–Kier alpha value is -0.960. The lowest BCUT2D eigenvalue weighted by Crippen LogP contribution is -2.39. The summed E-state index contributed by atoms with van der Waals surface area (Å²) in [6.07, 6.45) is 5.72. The van der Waals surface area contributed by atoms with Crippen LogP contribution in [0.25, 0.3) is 0 Å². The van der Waals surface area contributed by atoms with E-state index < -0.39 is 11.6 Å². The minimum absolute atomic E-state index is 0.0270. The van der Waals surface area contributed by atoms with Gasteiger partial charge in [-0.2, -0.15) is 0 Å². The Balaban J connectivity index is 2.32. The second kappa shape index (κ2) is 6.87. The molecule has 1 N–H and O–H groups in total. The van der Waals surface area contributed by atoms with E-state index in [9.17, 15) is 8.78 Å². The summed E-state index contributed by atoms with van der Waals surface area (Å²) in [5.41, 5.74) is 0.801. The maximum atomic E-state index is 14.3. The smallest absolute Gasteiger partial charge is 0.130 e. The summed E-state index contributed by atoms with van der Waals surface area (Å²) in [5.74, 6) is -0.545. The van der Waals surface area contributed by atoms with Crippen molar-refractivity contribution in [1.82, 2.24) is 5.32 Å². The molecule has 0 amide bonds. The Morgan fingerprint density at radius 2 is 2.05 bits per heavy atom. The molecule has 0 radical (unpaired) electrons. The highest BCUT2D eigenvalue weighted by Gasteiger charge is 2.38. The molecular weight excluding hydrogens is 268 g/mol. The summed E-state index contributed by atoms with van der Waals surface area (Å²) >= 11 is 0. The van der Waals surface area contributed by atoms with E-state index >= 15 is 0 Å². The van der Waals surface area contributed by atoms with Gasteiger partial charge in [0.05, 0.1) is 0 Å². The number of hydrogen-bond donors (Lipinski definition) is 1. The Morgan fingerprint density at radius 1 is 1.29 bits per heavy atom. The largest absolute Gasteiger partial charge is 0.310 e. The SMILES string of the molecule is CCCNC(c1ccc(F)cc1F)C1CCCCC1(C)C. The van der Waals surface area contributed by atoms with Crippen LogP contribution >= 0.6 is 0 Å². The number of halogens is 2. The van der Waals surface area contributed by atoms with Gasteiger partial charge in [0.1, 0.15) is 11.6 Å². The highest BCUT2D eigenvalue weighted by Crippen LogP contribution is 2.47. The van der Waals surface area contributed by atoms with Crippen molar-refractivity contribution in [3.8, 4) is 0 Å². The molecule has 0 bridgehead atoms. The zero-order valence-corrected chi connectivity index (χ0v) is 13.4. The fourth-order valence-corrected chi connectivity index (χ4v) is 3.66. The molecule has 2 atom stereocenters. The lowest BCUT2D eigenvalue weighted by Gasteiger charge is -2.44. The van der Waals surface area contributed by atoms with Gasteiger partial charge in [0.15, 0.2) is 0 Å². The van der Waals surface area contributed by atoms with Crippen LogP contribution in [0.2, 0.25) is 0 Å². The number of hydrogen-bond acceptors (Lipinski definition) is 1. The minimum atomic E-state index is -0.506.